The van der Waals surface area contributed by atoms with Gasteiger partial charge >= 0.3 is 0 Å². The molecule has 94 valence electrons. The van der Waals surface area contributed by atoms with Gasteiger partial charge in [-0.05, 0) is 26.2 Å². The Labute approximate surface area is 103 Å². The van der Waals surface area contributed by atoms with Gasteiger partial charge in [0.1, 0.15) is 0 Å². The molecule has 0 amide bonds. The Kier molecular flexibility index (Phi) is 5.62. The number of nitrogens with zero attached hydrogens (tertiary/aromatic N) is 1. The molecule has 0 radical (unpaired) electrons. The monoisotopic (exact) mass is 244 g/mol. The predicted octanol–water partition coefficient (Wildman–Crippen LogP) is 2.52. The third kappa shape index (κ3) is 5.75. The minimum Gasteiger partial charge on any atom is -0.379 e. The minimum absolute atomic E-state index is 0.197. The molecule has 0 atom stereocenters. The summed E-state index contributed by atoms with van der Waals surface area (Å²) < 4.78 is 5.49. The van der Waals surface area contributed by atoms with E-state index in [-0.39, 0.29) is 5.54 Å². The molecule has 1 fully saturated rings. The number of hydrogen-bond acceptors (Lipinski definition) is 3. The third-order valence-corrected chi connectivity index (χ3v) is 3.27. The Hall–Kier alpha value is -0.220. The highest BCUT2D eigenvalue weighted by molar-refractivity contribution is 8.13. The van der Waals surface area contributed by atoms with Crippen LogP contribution in [0.25, 0.3) is 0 Å². The maximum absolute atomic E-state index is 5.49. The number of ether oxygens (including phenoxy) is 1. The number of thioether (sulfide) groups is 1. The van der Waals surface area contributed by atoms with Gasteiger partial charge in [0.15, 0.2) is 5.17 Å². The Morgan fingerprint density at radius 3 is 2.88 bits per heavy atom. The smallest absolute Gasteiger partial charge is 0.157 e. The second-order valence-electron chi connectivity index (χ2n) is 5.26. The van der Waals surface area contributed by atoms with E-state index in [0.29, 0.717) is 5.92 Å². The molecule has 0 aromatic heterocycles. The minimum atomic E-state index is 0.197. The highest BCUT2D eigenvalue weighted by Crippen LogP contribution is 2.21. The van der Waals surface area contributed by atoms with E-state index in [2.05, 4.69) is 38.0 Å². The zero-order valence-electron chi connectivity index (χ0n) is 10.9. The highest BCUT2D eigenvalue weighted by atomic mass is 32.2. The summed E-state index contributed by atoms with van der Waals surface area (Å²) in [7, 11) is 0. The fraction of sp³-hybridized carbons (Fsp3) is 0.917. The molecular weight excluding hydrogens is 220 g/mol. The quantitative estimate of drug-likeness (QED) is 0.755. The van der Waals surface area contributed by atoms with Crippen molar-refractivity contribution >= 4 is 16.9 Å². The third-order valence-electron chi connectivity index (χ3n) is 2.35. The molecule has 0 aliphatic carbocycles. The molecular formula is C12H24N2OS. The summed E-state index contributed by atoms with van der Waals surface area (Å²) in [5, 5.41) is 4.52. The van der Waals surface area contributed by atoms with Crippen LogP contribution in [0, 0.1) is 5.92 Å². The van der Waals surface area contributed by atoms with Crippen molar-refractivity contribution in [2.75, 3.05) is 25.5 Å². The van der Waals surface area contributed by atoms with Crippen molar-refractivity contribution in [2.24, 2.45) is 10.9 Å². The maximum Gasteiger partial charge on any atom is 0.157 e. The first-order valence-electron chi connectivity index (χ1n) is 6.03. The highest BCUT2D eigenvalue weighted by Gasteiger charge is 2.23. The summed E-state index contributed by atoms with van der Waals surface area (Å²) >= 11 is 1.81. The van der Waals surface area contributed by atoms with E-state index >= 15 is 0 Å². The lowest BCUT2D eigenvalue weighted by Gasteiger charge is -2.32. The molecule has 0 bridgehead atoms. The average molecular weight is 244 g/mol. The summed E-state index contributed by atoms with van der Waals surface area (Å²) in [6, 6.07) is 0. The summed E-state index contributed by atoms with van der Waals surface area (Å²) in [5.41, 5.74) is 0.197. The van der Waals surface area contributed by atoms with E-state index in [1.54, 1.807) is 0 Å². The van der Waals surface area contributed by atoms with Gasteiger partial charge in [0, 0.05) is 17.9 Å². The molecule has 0 saturated carbocycles. The molecule has 3 nitrogen and oxygen atoms in total. The topological polar surface area (TPSA) is 33.6 Å². The van der Waals surface area contributed by atoms with E-state index in [9.17, 15) is 0 Å². The molecule has 0 spiro atoms. The standard InChI is InChI=1S/C12H24N2OS/c1-10(2)9-15-7-6-13-11-14-12(3,4)5-8-16-11/h10H,5-9H2,1-4H3,(H,13,14). The molecule has 1 heterocycles. The second-order valence-corrected chi connectivity index (χ2v) is 6.35. The van der Waals surface area contributed by atoms with Crippen molar-refractivity contribution in [3.63, 3.8) is 0 Å². The van der Waals surface area contributed by atoms with Crippen molar-refractivity contribution in [2.45, 2.75) is 39.7 Å². The van der Waals surface area contributed by atoms with Crippen LogP contribution in [0.1, 0.15) is 34.1 Å². The SMILES string of the molecule is CC(C)COCCN=C1NC(C)(C)CCS1. The molecule has 1 rings (SSSR count). The molecule has 1 aliphatic heterocycles. The molecule has 1 N–H and O–H groups in total. The van der Waals surface area contributed by atoms with E-state index in [1.165, 1.54) is 6.42 Å². The Bertz CT molecular complexity index is 239. The molecule has 1 aliphatic rings. The van der Waals surface area contributed by atoms with Gasteiger partial charge in [-0.2, -0.15) is 0 Å². The molecule has 16 heavy (non-hydrogen) atoms. The first-order valence-corrected chi connectivity index (χ1v) is 7.01. The zero-order chi connectivity index (χ0) is 12.0. The van der Waals surface area contributed by atoms with Gasteiger partial charge in [0.25, 0.3) is 0 Å². The number of amidine groups is 1. The van der Waals surface area contributed by atoms with Crippen LogP contribution in [0.15, 0.2) is 4.99 Å². The maximum atomic E-state index is 5.49. The first kappa shape index (κ1) is 13.8. The largest absolute Gasteiger partial charge is 0.379 e. The van der Waals surface area contributed by atoms with E-state index < -0.39 is 0 Å². The van der Waals surface area contributed by atoms with Crippen LogP contribution in [0.4, 0.5) is 0 Å². The summed E-state index contributed by atoms with van der Waals surface area (Å²) in [4.78, 5) is 4.52. The Morgan fingerprint density at radius 2 is 2.25 bits per heavy atom. The van der Waals surface area contributed by atoms with Gasteiger partial charge in [0.05, 0.1) is 13.2 Å². The van der Waals surface area contributed by atoms with Crippen LogP contribution in [0.2, 0.25) is 0 Å². The van der Waals surface area contributed by atoms with Crippen molar-refractivity contribution in [1.29, 1.82) is 0 Å². The lowest BCUT2D eigenvalue weighted by molar-refractivity contribution is 0.117. The fourth-order valence-corrected chi connectivity index (χ4v) is 2.74. The van der Waals surface area contributed by atoms with E-state index in [0.717, 1.165) is 30.7 Å². The predicted molar refractivity (Wildman–Crippen MR) is 72.2 cm³/mol. The van der Waals surface area contributed by atoms with Gasteiger partial charge in [0.2, 0.25) is 0 Å². The van der Waals surface area contributed by atoms with Crippen LogP contribution < -0.4 is 5.32 Å². The molecule has 0 unspecified atom stereocenters. The van der Waals surface area contributed by atoms with Gasteiger partial charge in [-0.1, -0.05) is 25.6 Å². The second kappa shape index (κ2) is 6.50. The van der Waals surface area contributed by atoms with Gasteiger partial charge in [-0.15, -0.1) is 0 Å². The molecule has 0 aromatic rings. The molecule has 1 saturated heterocycles. The Balaban J connectivity index is 2.19. The summed E-state index contributed by atoms with van der Waals surface area (Å²) in [5.74, 6) is 1.76. The Morgan fingerprint density at radius 1 is 1.50 bits per heavy atom. The molecule has 4 heteroatoms. The van der Waals surface area contributed by atoms with Crippen LogP contribution >= 0.6 is 11.8 Å². The number of hydrogen-bond donors (Lipinski definition) is 1. The first-order chi connectivity index (χ1) is 7.49. The van der Waals surface area contributed by atoms with Gasteiger partial charge in [-0.3, -0.25) is 4.99 Å². The molecule has 0 aromatic carbocycles. The average Bonchev–Trinajstić information content (AvgIpc) is 2.15. The van der Waals surface area contributed by atoms with Gasteiger partial charge < -0.3 is 10.1 Å². The van der Waals surface area contributed by atoms with Crippen LogP contribution in [-0.2, 0) is 4.74 Å². The summed E-state index contributed by atoms with van der Waals surface area (Å²) in [6.07, 6.45) is 1.19. The van der Waals surface area contributed by atoms with Crippen molar-refractivity contribution in [3.8, 4) is 0 Å². The lowest BCUT2D eigenvalue weighted by atomic mass is 10.0. The normalized spacial score (nSPS) is 22.4. The van der Waals surface area contributed by atoms with Gasteiger partial charge in [-0.25, -0.2) is 0 Å². The fourth-order valence-electron chi connectivity index (χ4n) is 1.41. The lowest BCUT2D eigenvalue weighted by Crippen LogP contribution is -2.46. The van der Waals surface area contributed by atoms with Crippen molar-refractivity contribution < 1.29 is 4.74 Å². The van der Waals surface area contributed by atoms with E-state index in [4.69, 9.17) is 4.74 Å². The van der Waals surface area contributed by atoms with Crippen LogP contribution in [0.3, 0.4) is 0 Å². The van der Waals surface area contributed by atoms with E-state index in [1.807, 2.05) is 11.8 Å². The number of rotatable bonds is 5. The zero-order valence-corrected chi connectivity index (χ0v) is 11.7. The number of nitrogens with one attached hydrogen (secondary N) is 1. The van der Waals surface area contributed by atoms with Crippen LogP contribution in [-0.4, -0.2) is 36.2 Å². The summed E-state index contributed by atoms with van der Waals surface area (Å²) in [6.45, 7) is 11.1. The van der Waals surface area contributed by atoms with Crippen molar-refractivity contribution in [1.82, 2.24) is 5.32 Å². The number of aliphatic imine (C=N–C) groups is 1. The van der Waals surface area contributed by atoms with Crippen LogP contribution in [0.5, 0.6) is 0 Å². The van der Waals surface area contributed by atoms with Crippen molar-refractivity contribution in [3.05, 3.63) is 0 Å².